The molecule has 0 aliphatic carbocycles. The molecule has 0 saturated heterocycles. The summed E-state index contributed by atoms with van der Waals surface area (Å²) in [5, 5.41) is 2.66. The van der Waals surface area contributed by atoms with Crippen molar-refractivity contribution >= 4 is 15.9 Å². The molecule has 1 aromatic rings. The summed E-state index contributed by atoms with van der Waals surface area (Å²) >= 11 is 0. The quantitative estimate of drug-likeness (QED) is 0.722. The summed E-state index contributed by atoms with van der Waals surface area (Å²) in [5.41, 5.74) is 0. The lowest BCUT2D eigenvalue weighted by Gasteiger charge is -2.06. The second-order valence-corrected chi connectivity index (χ2v) is 5.67. The maximum absolute atomic E-state index is 11.8. The molecule has 0 saturated carbocycles. The largest absolute Gasteiger partial charge is 0.356 e. The SMILES string of the molecule is CC(=O)NCCCCNS(=O)(=O)c1ccccc1. The molecule has 2 N–H and O–H groups in total. The second-order valence-electron chi connectivity index (χ2n) is 3.90. The van der Waals surface area contributed by atoms with E-state index >= 15 is 0 Å². The highest BCUT2D eigenvalue weighted by molar-refractivity contribution is 7.89. The summed E-state index contributed by atoms with van der Waals surface area (Å²) < 4.78 is 26.1. The monoisotopic (exact) mass is 270 g/mol. The van der Waals surface area contributed by atoms with E-state index in [1.54, 1.807) is 30.3 Å². The number of hydrogen-bond donors (Lipinski definition) is 2. The number of rotatable bonds is 7. The van der Waals surface area contributed by atoms with Crippen LogP contribution in [-0.4, -0.2) is 27.4 Å². The number of carbonyl (C=O) groups excluding carboxylic acids is 1. The fourth-order valence-corrected chi connectivity index (χ4v) is 2.50. The van der Waals surface area contributed by atoms with E-state index < -0.39 is 10.0 Å². The molecule has 0 spiro atoms. The second kappa shape index (κ2) is 7.13. The third-order valence-corrected chi connectivity index (χ3v) is 3.80. The molecule has 0 bridgehead atoms. The van der Waals surface area contributed by atoms with Gasteiger partial charge in [-0.1, -0.05) is 18.2 Å². The van der Waals surface area contributed by atoms with Crippen LogP contribution in [0.3, 0.4) is 0 Å². The Morgan fingerprint density at radius 1 is 1.11 bits per heavy atom. The molecular weight excluding hydrogens is 252 g/mol. The van der Waals surface area contributed by atoms with Gasteiger partial charge in [0.1, 0.15) is 0 Å². The first-order valence-corrected chi connectivity index (χ1v) is 7.30. The number of carbonyl (C=O) groups is 1. The summed E-state index contributed by atoms with van der Waals surface area (Å²) in [7, 11) is -3.40. The molecule has 0 unspecified atom stereocenters. The van der Waals surface area contributed by atoms with Gasteiger partial charge in [-0.2, -0.15) is 0 Å². The molecule has 0 radical (unpaired) electrons. The van der Waals surface area contributed by atoms with Gasteiger partial charge in [0.15, 0.2) is 0 Å². The number of unbranched alkanes of at least 4 members (excludes halogenated alkanes) is 1. The number of amides is 1. The third-order valence-electron chi connectivity index (χ3n) is 2.32. The Morgan fingerprint density at radius 2 is 1.72 bits per heavy atom. The number of sulfonamides is 1. The van der Waals surface area contributed by atoms with Crippen LogP contribution in [0.2, 0.25) is 0 Å². The molecule has 0 aliphatic rings. The van der Waals surface area contributed by atoms with Gasteiger partial charge in [0, 0.05) is 20.0 Å². The lowest BCUT2D eigenvalue weighted by atomic mass is 10.3. The van der Waals surface area contributed by atoms with E-state index in [-0.39, 0.29) is 10.8 Å². The molecule has 0 aliphatic heterocycles. The van der Waals surface area contributed by atoms with Crippen molar-refractivity contribution < 1.29 is 13.2 Å². The lowest BCUT2D eigenvalue weighted by molar-refractivity contribution is -0.118. The molecule has 5 nitrogen and oxygen atoms in total. The Morgan fingerprint density at radius 3 is 2.33 bits per heavy atom. The first kappa shape index (κ1) is 14.7. The highest BCUT2D eigenvalue weighted by atomic mass is 32.2. The van der Waals surface area contributed by atoms with Crippen molar-refractivity contribution in [2.24, 2.45) is 0 Å². The van der Waals surface area contributed by atoms with Crippen molar-refractivity contribution in [1.29, 1.82) is 0 Å². The number of hydrogen-bond acceptors (Lipinski definition) is 3. The van der Waals surface area contributed by atoms with Crippen molar-refractivity contribution in [2.45, 2.75) is 24.7 Å². The van der Waals surface area contributed by atoms with Crippen molar-refractivity contribution in [3.05, 3.63) is 30.3 Å². The minimum Gasteiger partial charge on any atom is -0.356 e. The first-order valence-electron chi connectivity index (χ1n) is 5.81. The van der Waals surface area contributed by atoms with E-state index in [9.17, 15) is 13.2 Å². The normalized spacial score (nSPS) is 11.2. The predicted molar refractivity (Wildman–Crippen MR) is 69.5 cm³/mol. The van der Waals surface area contributed by atoms with Gasteiger partial charge < -0.3 is 5.32 Å². The zero-order valence-corrected chi connectivity index (χ0v) is 11.2. The van der Waals surface area contributed by atoms with E-state index in [1.807, 2.05) is 0 Å². The van der Waals surface area contributed by atoms with Crippen LogP contribution in [0.1, 0.15) is 19.8 Å². The predicted octanol–water partition coefficient (Wildman–Crippen LogP) is 0.881. The van der Waals surface area contributed by atoms with Crippen molar-refractivity contribution in [3.8, 4) is 0 Å². The van der Waals surface area contributed by atoms with Crippen LogP contribution in [0.4, 0.5) is 0 Å². The fraction of sp³-hybridized carbons (Fsp3) is 0.417. The summed E-state index contributed by atoms with van der Waals surface area (Å²) in [6.45, 7) is 2.40. The minimum absolute atomic E-state index is 0.0696. The average molecular weight is 270 g/mol. The maximum atomic E-state index is 11.8. The van der Waals surface area contributed by atoms with E-state index in [0.29, 0.717) is 19.5 Å². The maximum Gasteiger partial charge on any atom is 0.240 e. The van der Waals surface area contributed by atoms with Crippen molar-refractivity contribution in [2.75, 3.05) is 13.1 Å². The molecule has 0 heterocycles. The van der Waals surface area contributed by atoms with E-state index in [2.05, 4.69) is 10.0 Å². The van der Waals surface area contributed by atoms with Crippen molar-refractivity contribution in [3.63, 3.8) is 0 Å². The summed E-state index contributed by atoms with van der Waals surface area (Å²) in [4.78, 5) is 10.9. The Kier molecular flexibility index (Phi) is 5.80. The molecule has 0 aromatic heterocycles. The molecule has 6 heteroatoms. The highest BCUT2D eigenvalue weighted by Gasteiger charge is 2.11. The first-order chi connectivity index (χ1) is 8.52. The Balaban J connectivity index is 2.29. The molecule has 18 heavy (non-hydrogen) atoms. The van der Waals surface area contributed by atoms with Gasteiger partial charge in [0.25, 0.3) is 0 Å². The molecule has 0 fully saturated rings. The molecule has 0 atom stereocenters. The van der Waals surface area contributed by atoms with Gasteiger partial charge >= 0.3 is 0 Å². The van der Waals surface area contributed by atoms with Gasteiger partial charge in [-0.05, 0) is 25.0 Å². The van der Waals surface area contributed by atoms with Crippen LogP contribution in [0.25, 0.3) is 0 Å². The molecule has 1 amide bonds. The molecule has 1 rings (SSSR count). The molecule has 100 valence electrons. The summed E-state index contributed by atoms with van der Waals surface area (Å²) in [6.07, 6.45) is 1.43. The Hall–Kier alpha value is -1.40. The standard InChI is InChI=1S/C12H18N2O3S/c1-11(15)13-9-5-6-10-14-18(16,17)12-7-3-2-4-8-12/h2-4,7-8,14H,5-6,9-10H2,1H3,(H,13,15). The van der Waals surface area contributed by atoms with Crippen LogP contribution in [-0.2, 0) is 14.8 Å². The van der Waals surface area contributed by atoms with Crippen molar-refractivity contribution in [1.82, 2.24) is 10.0 Å². The summed E-state index contributed by atoms with van der Waals surface area (Å²) in [6, 6.07) is 8.25. The topological polar surface area (TPSA) is 75.3 Å². The van der Waals surface area contributed by atoms with Gasteiger partial charge in [0.2, 0.25) is 15.9 Å². The van der Waals surface area contributed by atoms with Crippen LogP contribution >= 0.6 is 0 Å². The minimum atomic E-state index is -3.40. The summed E-state index contributed by atoms with van der Waals surface area (Å²) in [5.74, 6) is -0.0696. The number of benzene rings is 1. The Bertz CT molecular complexity index is 471. The average Bonchev–Trinajstić information content (AvgIpc) is 2.34. The molecule has 1 aromatic carbocycles. The lowest BCUT2D eigenvalue weighted by Crippen LogP contribution is -2.26. The van der Waals surface area contributed by atoms with Gasteiger partial charge in [-0.25, -0.2) is 13.1 Å². The zero-order valence-electron chi connectivity index (χ0n) is 10.3. The van der Waals surface area contributed by atoms with E-state index in [1.165, 1.54) is 6.92 Å². The van der Waals surface area contributed by atoms with E-state index in [4.69, 9.17) is 0 Å². The zero-order chi connectivity index (χ0) is 13.4. The molecular formula is C12H18N2O3S. The van der Waals surface area contributed by atoms with E-state index in [0.717, 1.165) is 6.42 Å². The van der Waals surface area contributed by atoms with Crippen LogP contribution in [0.15, 0.2) is 35.2 Å². The smallest absolute Gasteiger partial charge is 0.240 e. The van der Waals surface area contributed by atoms with Gasteiger partial charge in [0.05, 0.1) is 4.90 Å². The van der Waals surface area contributed by atoms with Crippen LogP contribution in [0, 0.1) is 0 Å². The Labute approximate surface area is 108 Å². The number of nitrogens with one attached hydrogen (secondary N) is 2. The van der Waals surface area contributed by atoms with Gasteiger partial charge in [-0.15, -0.1) is 0 Å². The van der Waals surface area contributed by atoms with Crippen LogP contribution < -0.4 is 10.0 Å². The highest BCUT2D eigenvalue weighted by Crippen LogP contribution is 2.06. The van der Waals surface area contributed by atoms with Crippen LogP contribution in [0.5, 0.6) is 0 Å². The third kappa shape index (κ3) is 5.29. The fourth-order valence-electron chi connectivity index (χ4n) is 1.40. The van der Waals surface area contributed by atoms with Gasteiger partial charge in [-0.3, -0.25) is 4.79 Å².